The summed E-state index contributed by atoms with van der Waals surface area (Å²) in [7, 11) is 0. The first-order chi connectivity index (χ1) is 29.7. The number of hydrogen-bond donors (Lipinski definition) is 0. The SMILES string of the molecule is N#Cc1ccc(-c2cccc(-c3nc(-c4ccc(-c5ccc6ccccc6c5)cc4)nc(-c4cccc(-c5ccc(-c6ccccc6)cc5)c4-c4ccccc4)n3)c2)cc1. The van der Waals surface area contributed by atoms with E-state index >= 15 is 0 Å². The minimum Gasteiger partial charge on any atom is -0.208 e. The van der Waals surface area contributed by atoms with Crippen LogP contribution in [0, 0.1) is 11.3 Å². The van der Waals surface area contributed by atoms with Crippen LogP contribution in [0.4, 0.5) is 0 Å². The normalized spacial score (nSPS) is 11.0. The Morgan fingerprint density at radius 2 is 0.733 bits per heavy atom. The standard InChI is InChI=1S/C56H36N4/c57-37-38-21-23-42(24-22-38)48-17-9-18-50(36-48)55-58-54(46-32-27-43(28-33-46)49-34-29-40-13-7-8-16-47(40)35-49)59-56(60-55)52-20-10-19-51(53(52)45-14-5-2-6-15-45)44-30-25-41(26-31-44)39-11-3-1-4-12-39/h1-36H. The molecule has 1 aromatic heterocycles. The highest BCUT2D eigenvalue weighted by Crippen LogP contribution is 2.41. The highest BCUT2D eigenvalue weighted by molar-refractivity contribution is 5.94. The zero-order valence-electron chi connectivity index (χ0n) is 32.6. The zero-order chi connectivity index (χ0) is 40.3. The van der Waals surface area contributed by atoms with Crippen LogP contribution in [0.1, 0.15) is 5.56 Å². The van der Waals surface area contributed by atoms with Crippen LogP contribution in [0.15, 0.2) is 218 Å². The van der Waals surface area contributed by atoms with Crippen molar-refractivity contribution in [2.75, 3.05) is 0 Å². The molecule has 0 saturated heterocycles. The van der Waals surface area contributed by atoms with Crippen LogP contribution >= 0.6 is 0 Å². The number of nitrogens with zero attached hydrogens (tertiary/aromatic N) is 4. The molecule has 0 amide bonds. The molecule has 280 valence electrons. The molecular weight excluding hydrogens is 729 g/mol. The molecule has 10 rings (SSSR count). The van der Waals surface area contributed by atoms with Gasteiger partial charge in [-0.15, -0.1) is 0 Å². The second kappa shape index (κ2) is 15.9. The Kier molecular flexibility index (Phi) is 9.59. The summed E-state index contributed by atoms with van der Waals surface area (Å²) in [6.07, 6.45) is 0. The van der Waals surface area contributed by atoms with E-state index < -0.39 is 0 Å². The van der Waals surface area contributed by atoms with E-state index in [1.165, 1.54) is 21.9 Å². The lowest BCUT2D eigenvalue weighted by atomic mass is 9.89. The van der Waals surface area contributed by atoms with Crippen molar-refractivity contribution in [3.63, 3.8) is 0 Å². The maximum absolute atomic E-state index is 9.40. The summed E-state index contributed by atoms with van der Waals surface area (Å²) in [6.45, 7) is 0. The van der Waals surface area contributed by atoms with Gasteiger partial charge in [-0.3, -0.25) is 0 Å². The van der Waals surface area contributed by atoms with Gasteiger partial charge in [0, 0.05) is 22.3 Å². The monoisotopic (exact) mass is 764 g/mol. The van der Waals surface area contributed by atoms with Crippen LogP contribution in [0.3, 0.4) is 0 Å². The van der Waals surface area contributed by atoms with Crippen LogP contribution in [-0.2, 0) is 0 Å². The average Bonchev–Trinajstić information content (AvgIpc) is 3.34. The molecule has 0 saturated carbocycles. The highest BCUT2D eigenvalue weighted by atomic mass is 15.0. The van der Waals surface area contributed by atoms with E-state index in [-0.39, 0.29) is 0 Å². The number of benzene rings is 9. The Bertz CT molecular complexity index is 3170. The molecule has 4 heteroatoms. The predicted octanol–water partition coefficient (Wildman–Crippen LogP) is 14.2. The van der Waals surface area contributed by atoms with Gasteiger partial charge in [-0.25, -0.2) is 15.0 Å². The maximum atomic E-state index is 9.40. The summed E-state index contributed by atoms with van der Waals surface area (Å²) in [6, 6.07) is 77.7. The molecule has 0 fully saturated rings. The van der Waals surface area contributed by atoms with Crippen molar-refractivity contribution in [3.8, 4) is 95.9 Å². The third kappa shape index (κ3) is 7.24. The van der Waals surface area contributed by atoms with Crippen molar-refractivity contribution in [1.82, 2.24) is 15.0 Å². The Balaban J connectivity index is 1.13. The van der Waals surface area contributed by atoms with Gasteiger partial charge in [0.25, 0.3) is 0 Å². The first-order valence-corrected chi connectivity index (χ1v) is 20.0. The third-order valence-electron chi connectivity index (χ3n) is 11.0. The molecule has 0 aliphatic carbocycles. The molecule has 10 aromatic rings. The number of nitriles is 1. The average molecular weight is 765 g/mol. The Morgan fingerprint density at radius 1 is 0.283 bits per heavy atom. The summed E-state index contributed by atoms with van der Waals surface area (Å²) in [4.78, 5) is 15.7. The zero-order valence-corrected chi connectivity index (χ0v) is 32.6. The highest BCUT2D eigenvalue weighted by Gasteiger charge is 2.19. The van der Waals surface area contributed by atoms with Crippen LogP contribution < -0.4 is 0 Å². The fourth-order valence-corrected chi connectivity index (χ4v) is 7.88. The molecule has 9 aromatic carbocycles. The Hall–Kier alpha value is -8.26. The van der Waals surface area contributed by atoms with Crippen molar-refractivity contribution in [2.24, 2.45) is 0 Å². The molecule has 60 heavy (non-hydrogen) atoms. The summed E-state index contributed by atoms with van der Waals surface area (Å²) >= 11 is 0. The molecule has 4 nitrogen and oxygen atoms in total. The summed E-state index contributed by atoms with van der Waals surface area (Å²) in [5.41, 5.74) is 14.2. The van der Waals surface area contributed by atoms with Gasteiger partial charge in [0.05, 0.1) is 11.6 Å². The third-order valence-corrected chi connectivity index (χ3v) is 11.0. The van der Waals surface area contributed by atoms with Gasteiger partial charge >= 0.3 is 0 Å². The topological polar surface area (TPSA) is 62.5 Å². The van der Waals surface area contributed by atoms with E-state index in [9.17, 15) is 5.26 Å². The lowest BCUT2D eigenvalue weighted by Gasteiger charge is -2.17. The summed E-state index contributed by atoms with van der Waals surface area (Å²) in [5.74, 6) is 1.74. The van der Waals surface area contributed by atoms with Gasteiger partial charge in [0.1, 0.15) is 0 Å². The number of fused-ring (bicyclic) bond motifs is 1. The van der Waals surface area contributed by atoms with E-state index in [0.29, 0.717) is 23.0 Å². The number of rotatable bonds is 8. The number of aromatic nitrogens is 3. The largest absolute Gasteiger partial charge is 0.208 e. The minimum atomic E-state index is 0.570. The van der Waals surface area contributed by atoms with Crippen molar-refractivity contribution in [3.05, 3.63) is 224 Å². The molecule has 0 unspecified atom stereocenters. The van der Waals surface area contributed by atoms with Crippen LogP contribution in [0.5, 0.6) is 0 Å². The smallest absolute Gasteiger partial charge is 0.164 e. The fourth-order valence-electron chi connectivity index (χ4n) is 7.88. The molecule has 0 atom stereocenters. The molecule has 0 bridgehead atoms. The lowest BCUT2D eigenvalue weighted by molar-refractivity contribution is 1.07. The molecule has 0 aliphatic heterocycles. The second-order valence-corrected chi connectivity index (χ2v) is 14.8. The molecule has 1 heterocycles. The van der Waals surface area contributed by atoms with E-state index in [1.54, 1.807) is 0 Å². The van der Waals surface area contributed by atoms with Crippen LogP contribution in [0.25, 0.3) is 101 Å². The Morgan fingerprint density at radius 3 is 1.43 bits per heavy atom. The first-order valence-electron chi connectivity index (χ1n) is 20.0. The van der Waals surface area contributed by atoms with Gasteiger partial charge in [0.2, 0.25) is 0 Å². The molecule has 0 aliphatic rings. The van der Waals surface area contributed by atoms with Gasteiger partial charge in [-0.05, 0) is 85.1 Å². The van der Waals surface area contributed by atoms with Gasteiger partial charge in [-0.1, -0.05) is 194 Å². The van der Waals surface area contributed by atoms with E-state index in [2.05, 4.69) is 176 Å². The lowest BCUT2D eigenvalue weighted by Crippen LogP contribution is -2.02. The first kappa shape index (κ1) is 36.1. The second-order valence-electron chi connectivity index (χ2n) is 14.8. The number of hydrogen-bond acceptors (Lipinski definition) is 4. The van der Waals surface area contributed by atoms with E-state index in [0.717, 1.165) is 61.2 Å². The Labute approximate surface area is 349 Å². The van der Waals surface area contributed by atoms with Crippen LogP contribution in [0.2, 0.25) is 0 Å². The summed E-state index contributed by atoms with van der Waals surface area (Å²) in [5, 5.41) is 11.8. The van der Waals surface area contributed by atoms with Crippen molar-refractivity contribution in [1.29, 1.82) is 5.26 Å². The molecule has 0 spiro atoms. The molecular formula is C56H36N4. The van der Waals surface area contributed by atoms with Crippen molar-refractivity contribution in [2.45, 2.75) is 0 Å². The quantitative estimate of drug-likeness (QED) is 0.155. The minimum absolute atomic E-state index is 0.570. The summed E-state index contributed by atoms with van der Waals surface area (Å²) < 4.78 is 0. The molecule has 0 radical (unpaired) electrons. The van der Waals surface area contributed by atoms with Crippen LogP contribution in [-0.4, -0.2) is 15.0 Å². The fraction of sp³-hybridized carbons (Fsp3) is 0. The van der Waals surface area contributed by atoms with Gasteiger partial charge in [0.15, 0.2) is 17.5 Å². The maximum Gasteiger partial charge on any atom is 0.164 e. The van der Waals surface area contributed by atoms with Crippen molar-refractivity contribution >= 4 is 10.8 Å². The molecule has 0 N–H and O–H groups in total. The van der Waals surface area contributed by atoms with Gasteiger partial charge in [-0.2, -0.15) is 5.26 Å². The van der Waals surface area contributed by atoms with E-state index in [4.69, 9.17) is 15.0 Å². The van der Waals surface area contributed by atoms with E-state index in [1.807, 2.05) is 48.5 Å². The van der Waals surface area contributed by atoms with Gasteiger partial charge < -0.3 is 0 Å². The predicted molar refractivity (Wildman–Crippen MR) is 246 cm³/mol. The van der Waals surface area contributed by atoms with Crippen molar-refractivity contribution < 1.29 is 0 Å².